The number of nitrogens with zero attached hydrogens (tertiary/aromatic N) is 3. The van der Waals surface area contributed by atoms with Gasteiger partial charge in [0.15, 0.2) is 4.34 Å². The molecule has 1 aliphatic rings. The van der Waals surface area contributed by atoms with Gasteiger partial charge in [0.1, 0.15) is 11.5 Å². The van der Waals surface area contributed by atoms with Crippen LogP contribution in [0.5, 0.6) is 5.75 Å². The van der Waals surface area contributed by atoms with Gasteiger partial charge in [0, 0.05) is 21.4 Å². The fraction of sp³-hybridized carbons (Fsp3) is 0.143. The lowest BCUT2D eigenvalue weighted by molar-refractivity contribution is -0.132. The van der Waals surface area contributed by atoms with Crippen molar-refractivity contribution in [3.63, 3.8) is 0 Å². The number of rotatable bonds is 8. The maximum Gasteiger partial charge on any atom is 0.301 e. The Kier molecular flexibility index (Phi) is 8.23. The highest BCUT2D eigenvalue weighted by molar-refractivity contribution is 8.00. The minimum absolute atomic E-state index is 0.0206. The number of thioether (sulfide) groups is 1. The van der Waals surface area contributed by atoms with Crippen LogP contribution in [0.1, 0.15) is 29.7 Å². The van der Waals surface area contributed by atoms with E-state index in [0.29, 0.717) is 43.6 Å². The van der Waals surface area contributed by atoms with Crippen molar-refractivity contribution in [1.29, 1.82) is 0 Å². The van der Waals surface area contributed by atoms with Gasteiger partial charge in [-0.15, -0.1) is 10.2 Å². The molecule has 0 saturated carbocycles. The highest BCUT2D eigenvalue weighted by atomic mass is 35.5. The SMILES string of the molecule is CCOc1ccc(C2/C(=C(/O)c3ccccc3)C(=O)C(=O)N2c2nnc(SCc3ccc(Cl)cc3Cl)s2)cc1. The van der Waals surface area contributed by atoms with Gasteiger partial charge in [0.25, 0.3) is 5.78 Å². The summed E-state index contributed by atoms with van der Waals surface area (Å²) in [5, 5.41) is 21.0. The number of benzene rings is 3. The highest BCUT2D eigenvalue weighted by Gasteiger charge is 2.48. The number of carbonyl (C=O) groups is 2. The zero-order chi connectivity index (χ0) is 27.5. The summed E-state index contributed by atoms with van der Waals surface area (Å²) in [6, 6.07) is 20.1. The number of carbonyl (C=O) groups excluding carboxylic acids is 2. The summed E-state index contributed by atoms with van der Waals surface area (Å²) in [7, 11) is 0. The van der Waals surface area contributed by atoms with Crippen LogP contribution in [0.2, 0.25) is 10.0 Å². The number of hydrogen-bond donors (Lipinski definition) is 1. The molecule has 1 saturated heterocycles. The summed E-state index contributed by atoms with van der Waals surface area (Å²) < 4.78 is 6.14. The fourth-order valence-electron chi connectivity index (χ4n) is 4.15. The lowest BCUT2D eigenvalue weighted by atomic mass is 9.95. The lowest BCUT2D eigenvalue weighted by Crippen LogP contribution is -2.29. The number of ether oxygens (including phenoxy) is 1. The Hall–Kier alpha value is -3.37. The predicted octanol–water partition coefficient (Wildman–Crippen LogP) is 7.16. The molecule has 4 aromatic rings. The second-order valence-electron chi connectivity index (χ2n) is 8.41. The summed E-state index contributed by atoms with van der Waals surface area (Å²) in [4.78, 5) is 28.0. The molecule has 1 amide bonds. The van der Waals surface area contributed by atoms with Crippen molar-refractivity contribution in [2.75, 3.05) is 11.5 Å². The smallest absolute Gasteiger partial charge is 0.301 e. The standard InChI is InChI=1S/C28H21Cl2N3O4S2/c1-2-37-20-12-9-16(10-13-20)23-22(24(34)17-6-4-3-5-7-17)25(35)26(36)33(23)27-31-32-28(39-27)38-15-18-8-11-19(29)14-21(18)30/h3-14,23,34H,2,15H2,1H3/b24-22-. The van der Waals surface area contributed by atoms with Crippen LogP contribution in [0, 0.1) is 0 Å². The van der Waals surface area contributed by atoms with Gasteiger partial charge < -0.3 is 9.84 Å². The molecule has 0 radical (unpaired) electrons. The van der Waals surface area contributed by atoms with Gasteiger partial charge in [-0.25, -0.2) is 0 Å². The number of aliphatic hydroxyl groups is 1. The Morgan fingerprint density at radius 2 is 1.79 bits per heavy atom. The van der Waals surface area contributed by atoms with Crippen molar-refractivity contribution in [3.05, 3.63) is 105 Å². The van der Waals surface area contributed by atoms with Crippen molar-refractivity contribution in [2.24, 2.45) is 0 Å². The largest absolute Gasteiger partial charge is 0.507 e. The zero-order valence-corrected chi connectivity index (χ0v) is 23.7. The minimum Gasteiger partial charge on any atom is -0.507 e. The molecular weight excluding hydrogens is 577 g/mol. The van der Waals surface area contributed by atoms with E-state index in [4.69, 9.17) is 27.9 Å². The van der Waals surface area contributed by atoms with E-state index in [1.165, 1.54) is 28.0 Å². The normalized spacial score (nSPS) is 16.6. The number of aliphatic hydroxyl groups excluding tert-OH is 1. The Morgan fingerprint density at radius 1 is 1.05 bits per heavy atom. The average molecular weight is 599 g/mol. The molecule has 0 spiro atoms. The van der Waals surface area contributed by atoms with Gasteiger partial charge in [0.05, 0.1) is 18.2 Å². The molecule has 198 valence electrons. The minimum atomic E-state index is -0.905. The number of halogens is 2. The van der Waals surface area contributed by atoms with Crippen LogP contribution in [0.4, 0.5) is 5.13 Å². The number of hydrogen-bond acceptors (Lipinski definition) is 8. The highest BCUT2D eigenvalue weighted by Crippen LogP contribution is 2.44. The summed E-state index contributed by atoms with van der Waals surface area (Å²) in [6.07, 6.45) is 0. The topological polar surface area (TPSA) is 92.6 Å². The molecule has 1 atom stereocenters. The summed E-state index contributed by atoms with van der Waals surface area (Å²) in [5.74, 6) is -0.685. The molecule has 7 nitrogen and oxygen atoms in total. The third kappa shape index (κ3) is 5.67. The maximum absolute atomic E-state index is 13.4. The fourth-order valence-corrected chi connectivity index (χ4v) is 6.57. The van der Waals surface area contributed by atoms with Gasteiger partial charge in [-0.1, -0.05) is 94.8 Å². The first-order valence-electron chi connectivity index (χ1n) is 11.9. The molecule has 0 bridgehead atoms. The first-order valence-corrected chi connectivity index (χ1v) is 14.4. The lowest BCUT2D eigenvalue weighted by Gasteiger charge is -2.22. The van der Waals surface area contributed by atoms with Crippen molar-refractivity contribution in [2.45, 2.75) is 23.1 Å². The van der Waals surface area contributed by atoms with E-state index in [9.17, 15) is 14.7 Å². The number of aromatic nitrogens is 2. The van der Waals surface area contributed by atoms with E-state index in [-0.39, 0.29) is 16.5 Å². The van der Waals surface area contributed by atoms with Crippen LogP contribution in [-0.2, 0) is 15.3 Å². The van der Waals surface area contributed by atoms with Crippen molar-refractivity contribution in [3.8, 4) is 5.75 Å². The van der Waals surface area contributed by atoms with Gasteiger partial charge in [-0.05, 0) is 42.3 Å². The van der Waals surface area contributed by atoms with Gasteiger partial charge in [-0.3, -0.25) is 14.5 Å². The average Bonchev–Trinajstić information content (AvgIpc) is 3.51. The first kappa shape index (κ1) is 27.2. The molecule has 39 heavy (non-hydrogen) atoms. The number of amides is 1. The van der Waals surface area contributed by atoms with Crippen molar-refractivity contribution >= 4 is 68.9 Å². The maximum atomic E-state index is 13.4. The Balaban J connectivity index is 1.52. The quantitative estimate of drug-likeness (QED) is 0.0756. The van der Waals surface area contributed by atoms with Crippen LogP contribution >= 0.6 is 46.3 Å². The van der Waals surface area contributed by atoms with E-state index >= 15 is 0 Å². The van der Waals surface area contributed by atoms with Crippen LogP contribution in [0.3, 0.4) is 0 Å². The van der Waals surface area contributed by atoms with Gasteiger partial charge >= 0.3 is 5.91 Å². The molecule has 1 N–H and O–H groups in total. The number of Topliss-reactive ketones (excluding diaryl/α,β-unsaturated/α-hetero) is 1. The molecule has 2 heterocycles. The molecular formula is C28H21Cl2N3O4S2. The monoisotopic (exact) mass is 597 g/mol. The van der Waals surface area contributed by atoms with E-state index in [0.717, 1.165) is 5.56 Å². The molecule has 3 aromatic carbocycles. The summed E-state index contributed by atoms with van der Waals surface area (Å²) >= 11 is 14.9. The third-order valence-corrected chi connectivity index (χ3v) is 8.66. The van der Waals surface area contributed by atoms with Gasteiger partial charge in [-0.2, -0.15) is 0 Å². The van der Waals surface area contributed by atoms with Crippen LogP contribution in [0.15, 0.2) is 82.7 Å². The summed E-state index contributed by atoms with van der Waals surface area (Å²) in [6.45, 7) is 2.38. The number of anilines is 1. The van der Waals surface area contributed by atoms with Crippen molar-refractivity contribution < 1.29 is 19.4 Å². The van der Waals surface area contributed by atoms with Crippen molar-refractivity contribution in [1.82, 2.24) is 10.2 Å². The van der Waals surface area contributed by atoms with E-state index < -0.39 is 17.7 Å². The zero-order valence-electron chi connectivity index (χ0n) is 20.5. The molecule has 1 fully saturated rings. The first-order chi connectivity index (χ1) is 18.9. The molecule has 1 aromatic heterocycles. The Labute approximate surface area is 243 Å². The van der Waals surface area contributed by atoms with Crippen LogP contribution < -0.4 is 9.64 Å². The molecule has 1 unspecified atom stereocenters. The molecule has 11 heteroatoms. The van der Waals surface area contributed by atoms with E-state index in [2.05, 4.69) is 10.2 Å². The van der Waals surface area contributed by atoms with Crippen LogP contribution in [0.25, 0.3) is 5.76 Å². The molecule has 0 aliphatic carbocycles. The Morgan fingerprint density at radius 3 is 2.49 bits per heavy atom. The van der Waals surface area contributed by atoms with Crippen LogP contribution in [-0.4, -0.2) is 33.6 Å². The summed E-state index contributed by atoms with van der Waals surface area (Å²) in [5.41, 5.74) is 1.90. The van der Waals surface area contributed by atoms with E-state index in [1.807, 2.05) is 13.0 Å². The number of ketones is 1. The second-order valence-corrected chi connectivity index (χ2v) is 11.4. The molecule has 1 aliphatic heterocycles. The van der Waals surface area contributed by atoms with Gasteiger partial charge in [0.2, 0.25) is 5.13 Å². The Bertz CT molecular complexity index is 1560. The third-order valence-electron chi connectivity index (χ3n) is 5.97. The molecule has 5 rings (SSSR count). The van der Waals surface area contributed by atoms with E-state index in [1.54, 1.807) is 66.7 Å². The second kappa shape index (κ2) is 11.8. The predicted molar refractivity (Wildman–Crippen MR) is 155 cm³/mol.